The lowest BCUT2D eigenvalue weighted by Gasteiger charge is -2.07. The third-order valence-electron chi connectivity index (χ3n) is 3.51. The molecule has 0 atom stereocenters. The van der Waals surface area contributed by atoms with E-state index >= 15 is 0 Å². The minimum Gasteiger partial charge on any atom is -0.417 e. The van der Waals surface area contributed by atoms with Gasteiger partial charge in [0, 0.05) is 17.2 Å². The molecule has 3 N–H and O–H groups in total. The number of alkyl halides is 2. The number of anilines is 1. The topological polar surface area (TPSA) is 116 Å². The van der Waals surface area contributed by atoms with Crippen LogP contribution < -0.4 is 15.8 Å². The normalized spacial score (nSPS) is 10.7. The molecular formula is C17H13F3N6O2. The second-order valence-corrected chi connectivity index (χ2v) is 5.43. The van der Waals surface area contributed by atoms with Gasteiger partial charge in [-0.1, -0.05) is 6.07 Å². The Morgan fingerprint density at radius 1 is 1.21 bits per heavy atom. The van der Waals surface area contributed by atoms with Gasteiger partial charge in [0.25, 0.3) is 0 Å². The van der Waals surface area contributed by atoms with E-state index < -0.39 is 18.3 Å². The van der Waals surface area contributed by atoms with Crippen LogP contribution in [-0.4, -0.2) is 32.7 Å². The molecule has 144 valence electrons. The summed E-state index contributed by atoms with van der Waals surface area (Å²) in [7, 11) is 0. The first-order valence-electron chi connectivity index (χ1n) is 7.86. The van der Waals surface area contributed by atoms with Crippen LogP contribution in [0, 0.1) is 5.82 Å². The number of halogens is 3. The Morgan fingerprint density at radius 2 is 2.04 bits per heavy atom. The molecule has 11 heteroatoms. The van der Waals surface area contributed by atoms with Crippen molar-refractivity contribution in [3.63, 3.8) is 0 Å². The summed E-state index contributed by atoms with van der Waals surface area (Å²) in [5.74, 6) is -1.42. The number of amides is 1. The summed E-state index contributed by atoms with van der Waals surface area (Å²) in [6, 6.07) is 8.03. The summed E-state index contributed by atoms with van der Waals surface area (Å²) in [5.41, 5.74) is 5.86. The monoisotopic (exact) mass is 390 g/mol. The minimum atomic E-state index is -2.97. The van der Waals surface area contributed by atoms with E-state index in [0.29, 0.717) is 5.69 Å². The second kappa shape index (κ2) is 8.29. The van der Waals surface area contributed by atoms with Gasteiger partial charge in [0.15, 0.2) is 0 Å². The summed E-state index contributed by atoms with van der Waals surface area (Å²) >= 11 is 0. The number of ether oxygens (including phenoxy) is 1. The fourth-order valence-electron chi connectivity index (χ4n) is 2.24. The van der Waals surface area contributed by atoms with E-state index in [1.165, 1.54) is 30.5 Å². The fraction of sp³-hybridized carbons (Fsp3) is 0.118. The fourth-order valence-corrected chi connectivity index (χ4v) is 2.24. The summed E-state index contributed by atoms with van der Waals surface area (Å²) in [6.45, 7) is -2.85. The molecule has 0 fully saturated rings. The van der Waals surface area contributed by atoms with Gasteiger partial charge in [-0.3, -0.25) is 4.79 Å². The summed E-state index contributed by atoms with van der Waals surface area (Å²) in [5, 5.41) is 10.5. The van der Waals surface area contributed by atoms with E-state index in [-0.39, 0.29) is 35.2 Å². The number of hydrogen-bond acceptors (Lipinski definition) is 7. The number of rotatable bonds is 7. The van der Waals surface area contributed by atoms with Gasteiger partial charge < -0.3 is 15.8 Å². The van der Waals surface area contributed by atoms with Crippen molar-refractivity contribution in [3.05, 3.63) is 59.7 Å². The Hall–Kier alpha value is -3.76. The molecule has 0 bridgehead atoms. The van der Waals surface area contributed by atoms with Crippen LogP contribution in [0.15, 0.2) is 42.6 Å². The SMILES string of the molecule is NC(=O)c1ccc(F)c(-c2cnc(NCc3cccc(OC(F)F)n3)nn2)c1. The van der Waals surface area contributed by atoms with Gasteiger partial charge >= 0.3 is 6.61 Å². The zero-order chi connectivity index (χ0) is 20.1. The van der Waals surface area contributed by atoms with Gasteiger partial charge in [-0.05, 0) is 24.3 Å². The highest BCUT2D eigenvalue weighted by molar-refractivity contribution is 5.94. The third kappa shape index (κ3) is 4.69. The molecule has 2 aromatic heterocycles. The molecule has 2 heterocycles. The number of carbonyl (C=O) groups is 1. The lowest BCUT2D eigenvalue weighted by molar-refractivity contribution is -0.0529. The quantitative estimate of drug-likeness (QED) is 0.636. The second-order valence-electron chi connectivity index (χ2n) is 5.43. The van der Waals surface area contributed by atoms with Crippen molar-refractivity contribution >= 4 is 11.9 Å². The van der Waals surface area contributed by atoms with E-state index in [0.717, 1.165) is 6.07 Å². The molecule has 0 saturated carbocycles. The molecule has 3 rings (SSSR count). The molecule has 0 aliphatic heterocycles. The summed E-state index contributed by atoms with van der Waals surface area (Å²) in [4.78, 5) is 19.1. The van der Waals surface area contributed by atoms with Crippen LogP contribution in [0.1, 0.15) is 16.1 Å². The van der Waals surface area contributed by atoms with Crippen LogP contribution in [0.3, 0.4) is 0 Å². The van der Waals surface area contributed by atoms with Crippen LogP contribution >= 0.6 is 0 Å². The number of hydrogen-bond donors (Lipinski definition) is 2. The number of nitrogens with zero attached hydrogens (tertiary/aromatic N) is 4. The zero-order valence-corrected chi connectivity index (χ0v) is 14.1. The van der Waals surface area contributed by atoms with Crippen molar-refractivity contribution in [2.24, 2.45) is 5.73 Å². The van der Waals surface area contributed by atoms with E-state index in [1.807, 2.05) is 0 Å². The van der Waals surface area contributed by atoms with Crippen molar-refractivity contribution in [2.75, 3.05) is 5.32 Å². The van der Waals surface area contributed by atoms with Crippen LogP contribution in [0.4, 0.5) is 19.1 Å². The Balaban J connectivity index is 1.70. The Bertz CT molecular complexity index is 985. The molecule has 1 aromatic carbocycles. The lowest BCUT2D eigenvalue weighted by Crippen LogP contribution is -2.11. The zero-order valence-electron chi connectivity index (χ0n) is 14.1. The Kier molecular flexibility index (Phi) is 5.63. The number of carbonyl (C=O) groups excluding carboxylic acids is 1. The molecule has 0 unspecified atom stereocenters. The number of benzene rings is 1. The molecule has 0 radical (unpaired) electrons. The number of primary amides is 1. The molecule has 0 aliphatic carbocycles. The van der Waals surface area contributed by atoms with E-state index in [9.17, 15) is 18.0 Å². The maximum absolute atomic E-state index is 14.0. The first-order valence-corrected chi connectivity index (χ1v) is 7.86. The third-order valence-corrected chi connectivity index (χ3v) is 3.51. The molecule has 8 nitrogen and oxygen atoms in total. The van der Waals surface area contributed by atoms with Crippen molar-refractivity contribution in [3.8, 4) is 17.1 Å². The summed E-state index contributed by atoms with van der Waals surface area (Å²) in [6.07, 6.45) is 1.27. The lowest BCUT2D eigenvalue weighted by atomic mass is 10.1. The van der Waals surface area contributed by atoms with Gasteiger partial charge in [0.1, 0.15) is 11.5 Å². The van der Waals surface area contributed by atoms with Crippen LogP contribution in [0.2, 0.25) is 0 Å². The van der Waals surface area contributed by atoms with Gasteiger partial charge in [0.05, 0.1) is 18.4 Å². The molecule has 0 spiro atoms. The first-order chi connectivity index (χ1) is 13.4. The number of nitrogens with two attached hydrogens (primary N) is 1. The predicted molar refractivity (Wildman–Crippen MR) is 91.9 cm³/mol. The van der Waals surface area contributed by atoms with E-state index in [1.54, 1.807) is 6.07 Å². The van der Waals surface area contributed by atoms with Crippen LogP contribution in [0.25, 0.3) is 11.3 Å². The first kappa shape index (κ1) is 19.0. The average molecular weight is 390 g/mol. The van der Waals surface area contributed by atoms with Crippen LogP contribution in [0.5, 0.6) is 5.88 Å². The predicted octanol–water partition coefficient (Wildman–Crippen LogP) is 2.39. The highest BCUT2D eigenvalue weighted by Gasteiger charge is 2.12. The number of pyridine rings is 1. The van der Waals surface area contributed by atoms with Crippen molar-refractivity contribution in [1.82, 2.24) is 20.2 Å². The largest absolute Gasteiger partial charge is 0.417 e. The van der Waals surface area contributed by atoms with E-state index in [4.69, 9.17) is 5.73 Å². The minimum absolute atomic E-state index is 0.0290. The van der Waals surface area contributed by atoms with Gasteiger partial charge in [-0.25, -0.2) is 14.4 Å². The molecule has 3 aromatic rings. The van der Waals surface area contributed by atoms with Gasteiger partial charge in [-0.2, -0.15) is 8.78 Å². The van der Waals surface area contributed by atoms with Crippen molar-refractivity contribution < 1.29 is 22.7 Å². The molecule has 0 saturated heterocycles. The van der Waals surface area contributed by atoms with Crippen LogP contribution in [-0.2, 0) is 6.54 Å². The van der Waals surface area contributed by atoms with E-state index in [2.05, 4.69) is 30.2 Å². The highest BCUT2D eigenvalue weighted by atomic mass is 19.3. The average Bonchev–Trinajstić information content (AvgIpc) is 2.67. The smallest absolute Gasteiger partial charge is 0.388 e. The number of aromatic nitrogens is 4. The van der Waals surface area contributed by atoms with Crippen molar-refractivity contribution in [1.29, 1.82) is 0 Å². The molecule has 1 amide bonds. The van der Waals surface area contributed by atoms with Crippen molar-refractivity contribution in [2.45, 2.75) is 13.2 Å². The maximum Gasteiger partial charge on any atom is 0.388 e. The Labute approximate surface area is 156 Å². The molecule has 0 aliphatic rings. The molecular weight excluding hydrogens is 377 g/mol. The standard InChI is InChI=1S/C17H13F3N6O2/c18-12-5-4-9(15(21)27)6-11(12)13-8-23-17(26-25-13)22-7-10-2-1-3-14(24-10)28-16(19)20/h1-6,8,16H,7H2,(H2,21,27)(H,22,23,26). The Morgan fingerprint density at radius 3 is 2.71 bits per heavy atom. The summed E-state index contributed by atoms with van der Waals surface area (Å²) < 4.78 is 42.6. The highest BCUT2D eigenvalue weighted by Crippen LogP contribution is 2.21. The maximum atomic E-state index is 14.0. The van der Waals surface area contributed by atoms with Gasteiger partial charge in [-0.15, -0.1) is 10.2 Å². The number of nitrogens with one attached hydrogen (secondary N) is 1. The van der Waals surface area contributed by atoms with Gasteiger partial charge in [0.2, 0.25) is 17.7 Å². The molecule has 28 heavy (non-hydrogen) atoms.